The number of nitrogens with zero attached hydrogens (tertiary/aromatic N) is 1. The average Bonchev–Trinajstić information content (AvgIpc) is 2.25. The van der Waals surface area contributed by atoms with Crippen molar-refractivity contribution < 1.29 is 14.6 Å². The van der Waals surface area contributed by atoms with E-state index in [1.807, 2.05) is 0 Å². The van der Waals surface area contributed by atoms with Gasteiger partial charge in [0.2, 0.25) is 0 Å². The van der Waals surface area contributed by atoms with E-state index in [0.717, 1.165) is 38.8 Å². The van der Waals surface area contributed by atoms with Crippen LogP contribution < -0.4 is 0 Å². The maximum absolute atomic E-state index is 10.6. The monoisotopic (exact) mass is 201 g/mol. The smallest absolute Gasteiger partial charge is 0.124 e. The van der Waals surface area contributed by atoms with Crippen LogP contribution in [-0.2, 0) is 9.53 Å². The van der Waals surface area contributed by atoms with Crippen LogP contribution in [0.1, 0.15) is 12.8 Å². The first-order valence-corrected chi connectivity index (χ1v) is 5.23. The molecule has 0 saturated carbocycles. The van der Waals surface area contributed by atoms with Gasteiger partial charge < -0.3 is 19.5 Å². The van der Waals surface area contributed by atoms with Crippen molar-refractivity contribution in [2.24, 2.45) is 5.92 Å². The Morgan fingerprint density at radius 3 is 3.07 bits per heavy atom. The van der Waals surface area contributed by atoms with Crippen molar-refractivity contribution in [3.05, 3.63) is 0 Å². The molecule has 0 amide bonds. The van der Waals surface area contributed by atoms with Gasteiger partial charge in [-0.2, -0.15) is 0 Å². The standard InChI is InChI=1S/C10H19NO3/c12-5-7-14-6-4-11-3-1-2-10(8-11)9-13/h9-10,12H,1-8H2. The molecule has 0 radical (unpaired) electrons. The van der Waals surface area contributed by atoms with Crippen LogP contribution in [0.4, 0.5) is 0 Å². The third kappa shape index (κ3) is 4.17. The number of likely N-dealkylation sites (tertiary alicyclic amines) is 1. The van der Waals surface area contributed by atoms with Crippen LogP contribution in [0, 0.1) is 5.92 Å². The van der Waals surface area contributed by atoms with Crippen molar-refractivity contribution in [1.82, 2.24) is 4.90 Å². The summed E-state index contributed by atoms with van der Waals surface area (Å²) in [5.41, 5.74) is 0. The molecule has 4 heteroatoms. The average molecular weight is 201 g/mol. The van der Waals surface area contributed by atoms with E-state index in [4.69, 9.17) is 9.84 Å². The summed E-state index contributed by atoms with van der Waals surface area (Å²) in [6.07, 6.45) is 3.18. The van der Waals surface area contributed by atoms with Crippen LogP contribution in [0.2, 0.25) is 0 Å². The molecule has 0 bridgehead atoms. The van der Waals surface area contributed by atoms with E-state index in [1.165, 1.54) is 0 Å². The summed E-state index contributed by atoms with van der Waals surface area (Å²) < 4.78 is 5.17. The third-order valence-corrected chi connectivity index (χ3v) is 2.52. The number of hydrogen-bond donors (Lipinski definition) is 1. The van der Waals surface area contributed by atoms with Crippen LogP contribution in [0.5, 0.6) is 0 Å². The third-order valence-electron chi connectivity index (χ3n) is 2.52. The molecule has 1 rings (SSSR count). The van der Waals surface area contributed by atoms with Crippen molar-refractivity contribution >= 4 is 6.29 Å². The van der Waals surface area contributed by atoms with E-state index in [9.17, 15) is 4.79 Å². The minimum absolute atomic E-state index is 0.0803. The van der Waals surface area contributed by atoms with Gasteiger partial charge in [-0.15, -0.1) is 0 Å². The number of hydrogen-bond acceptors (Lipinski definition) is 4. The van der Waals surface area contributed by atoms with Gasteiger partial charge in [-0.25, -0.2) is 0 Å². The highest BCUT2D eigenvalue weighted by molar-refractivity contribution is 5.53. The Morgan fingerprint density at radius 1 is 1.50 bits per heavy atom. The Bertz CT molecular complexity index is 163. The first-order valence-electron chi connectivity index (χ1n) is 5.23. The van der Waals surface area contributed by atoms with E-state index >= 15 is 0 Å². The summed E-state index contributed by atoms with van der Waals surface area (Å²) in [7, 11) is 0. The molecular formula is C10H19NO3. The second kappa shape index (κ2) is 6.92. The summed E-state index contributed by atoms with van der Waals surface area (Å²) >= 11 is 0. The van der Waals surface area contributed by atoms with Crippen LogP contribution in [-0.4, -0.2) is 55.7 Å². The Hall–Kier alpha value is -0.450. The summed E-state index contributed by atoms with van der Waals surface area (Å²) in [5, 5.41) is 8.50. The quantitative estimate of drug-likeness (QED) is 0.482. The summed E-state index contributed by atoms with van der Waals surface area (Å²) in [6, 6.07) is 0. The molecule has 1 unspecified atom stereocenters. The molecule has 1 N–H and O–H groups in total. The van der Waals surface area contributed by atoms with Gasteiger partial charge in [0.15, 0.2) is 0 Å². The minimum Gasteiger partial charge on any atom is -0.394 e. The van der Waals surface area contributed by atoms with E-state index < -0.39 is 0 Å². The Morgan fingerprint density at radius 2 is 2.36 bits per heavy atom. The van der Waals surface area contributed by atoms with Crippen LogP contribution >= 0.6 is 0 Å². The van der Waals surface area contributed by atoms with Gasteiger partial charge in [0, 0.05) is 19.0 Å². The maximum atomic E-state index is 10.6. The lowest BCUT2D eigenvalue weighted by atomic mass is 10.00. The summed E-state index contributed by atoms with van der Waals surface area (Å²) in [4.78, 5) is 12.8. The molecule has 0 aromatic carbocycles. The Balaban J connectivity index is 2.08. The van der Waals surface area contributed by atoms with E-state index in [1.54, 1.807) is 0 Å². The van der Waals surface area contributed by atoms with Crippen LogP contribution in [0.3, 0.4) is 0 Å². The minimum atomic E-state index is 0.0803. The van der Waals surface area contributed by atoms with Gasteiger partial charge in [-0.3, -0.25) is 0 Å². The first kappa shape index (κ1) is 11.6. The molecule has 82 valence electrons. The van der Waals surface area contributed by atoms with Crippen molar-refractivity contribution in [1.29, 1.82) is 0 Å². The number of aliphatic hydroxyl groups is 1. The summed E-state index contributed by atoms with van der Waals surface area (Å²) in [6.45, 7) is 3.93. The van der Waals surface area contributed by atoms with E-state index in [0.29, 0.717) is 13.2 Å². The highest BCUT2D eigenvalue weighted by Gasteiger charge is 2.18. The second-order valence-electron chi connectivity index (χ2n) is 3.67. The number of aliphatic hydroxyl groups excluding tert-OH is 1. The van der Waals surface area contributed by atoms with Crippen molar-refractivity contribution in [2.75, 3.05) is 39.5 Å². The van der Waals surface area contributed by atoms with Crippen molar-refractivity contribution in [3.8, 4) is 0 Å². The molecule has 1 fully saturated rings. The molecule has 1 heterocycles. The number of piperidine rings is 1. The molecule has 1 aliphatic rings. The fraction of sp³-hybridized carbons (Fsp3) is 0.900. The van der Waals surface area contributed by atoms with E-state index in [-0.39, 0.29) is 12.5 Å². The highest BCUT2D eigenvalue weighted by atomic mass is 16.5. The highest BCUT2D eigenvalue weighted by Crippen LogP contribution is 2.13. The molecular weight excluding hydrogens is 182 g/mol. The van der Waals surface area contributed by atoms with Crippen LogP contribution in [0.25, 0.3) is 0 Å². The molecule has 0 aromatic heterocycles. The SMILES string of the molecule is O=CC1CCCN(CCOCCO)C1. The van der Waals surface area contributed by atoms with Crippen molar-refractivity contribution in [2.45, 2.75) is 12.8 Å². The lowest BCUT2D eigenvalue weighted by molar-refractivity contribution is -0.112. The molecule has 1 atom stereocenters. The van der Waals surface area contributed by atoms with Gasteiger partial charge >= 0.3 is 0 Å². The Labute approximate surface area is 84.8 Å². The number of carbonyl (C=O) groups is 1. The normalized spacial score (nSPS) is 23.6. The van der Waals surface area contributed by atoms with E-state index in [2.05, 4.69) is 4.90 Å². The zero-order valence-corrected chi connectivity index (χ0v) is 8.52. The topological polar surface area (TPSA) is 49.8 Å². The molecule has 1 aliphatic heterocycles. The Kier molecular flexibility index (Phi) is 5.75. The van der Waals surface area contributed by atoms with Crippen molar-refractivity contribution in [3.63, 3.8) is 0 Å². The first-order chi connectivity index (χ1) is 6.86. The van der Waals surface area contributed by atoms with Crippen LogP contribution in [0.15, 0.2) is 0 Å². The summed E-state index contributed by atoms with van der Waals surface area (Å²) in [5.74, 6) is 0.210. The molecule has 14 heavy (non-hydrogen) atoms. The number of ether oxygens (including phenoxy) is 1. The maximum Gasteiger partial charge on any atom is 0.124 e. The zero-order valence-electron chi connectivity index (χ0n) is 8.52. The number of rotatable bonds is 6. The molecule has 4 nitrogen and oxygen atoms in total. The molecule has 0 spiro atoms. The second-order valence-corrected chi connectivity index (χ2v) is 3.67. The van der Waals surface area contributed by atoms with Gasteiger partial charge in [0.25, 0.3) is 0 Å². The van der Waals surface area contributed by atoms with Gasteiger partial charge in [0.05, 0.1) is 19.8 Å². The zero-order chi connectivity index (χ0) is 10.2. The largest absolute Gasteiger partial charge is 0.394 e. The van der Waals surface area contributed by atoms with Gasteiger partial charge in [0.1, 0.15) is 6.29 Å². The lowest BCUT2D eigenvalue weighted by Gasteiger charge is -2.29. The molecule has 0 aliphatic carbocycles. The number of carbonyl (C=O) groups excluding carboxylic acids is 1. The molecule has 1 saturated heterocycles. The van der Waals surface area contributed by atoms with Gasteiger partial charge in [-0.05, 0) is 19.4 Å². The number of aldehydes is 1. The van der Waals surface area contributed by atoms with Gasteiger partial charge in [-0.1, -0.05) is 0 Å². The predicted molar refractivity (Wildman–Crippen MR) is 53.1 cm³/mol. The fourth-order valence-corrected chi connectivity index (χ4v) is 1.77. The predicted octanol–water partition coefficient (Wildman–Crippen LogP) is -0.0938. The molecule has 0 aromatic rings. The lowest BCUT2D eigenvalue weighted by Crippen LogP contribution is -2.38. The fourth-order valence-electron chi connectivity index (χ4n) is 1.77.